The van der Waals surface area contributed by atoms with Crippen LogP contribution in [0.2, 0.25) is 0 Å². The monoisotopic (exact) mass is 282 g/mol. The van der Waals surface area contributed by atoms with Gasteiger partial charge in [-0.1, -0.05) is 24.3 Å². The van der Waals surface area contributed by atoms with Gasteiger partial charge in [0, 0.05) is 44.3 Å². The minimum atomic E-state index is -0.00898. The SMILES string of the molecule is CN(C)/C=C/C(=O)c1ccc(COc2ccncc2)cc1. The van der Waals surface area contributed by atoms with E-state index in [-0.39, 0.29) is 5.78 Å². The Hall–Kier alpha value is -2.62. The highest BCUT2D eigenvalue weighted by molar-refractivity contribution is 6.04. The fourth-order valence-corrected chi connectivity index (χ4v) is 1.68. The summed E-state index contributed by atoms with van der Waals surface area (Å²) in [4.78, 5) is 17.7. The van der Waals surface area contributed by atoms with Gasteiger partial charge in [-0.25, -0.2) is 0 Å². The number of hydrogen-bond acceptors (Lipinski definition) is 4. The van der Waals surface area contributed by atoms with Crippen LogP contribution in [-0.4, -0.2) is 29.8 Å². The maximum Gasteiger partial charge on any atom is 0.187 e. The molecule has 2 aromatic rings. The number of hydrogen-bond donors (Lipinski definition) is 0. The van der Waals surface area contributed by atoms with E-state index in [1.165, 1.54) is 0 Å². The number of ketones is 1. The molecular formula is C17H18N2O2. The maximum atomic E-state index is 11.9. The van der Waals surface area contributed by atoms with Crippen LogP contribution in [-0.2, 0) is 6.61 Å². The zero-order valence-corrected chi connectivity index (χ0v) is 12.2. The van der Waals surface area contributed by atoms with Crippen LogP contribution in [0.3, 0.4) is 0 Å². The molecule has 1 aromatic carbocycles. The molecule has 0 fully saturated rings. The molecule has 0 unspecified atom stereocenters. The van der Waals surface area contributed by atoms with E-state index >= 15 is 0 Å². The maximum absolute atomic E-state index is 11.9. The summed E-state index contributed by atoms with van der Waals surface area (Å²) in [6.07, 6.45) is 6.67. The van der Waals surface area contributed by atoms with Gasteiger partial charge in [0.05, 0.1) is 0 Å². The predicted molar refractivity (Wildman–Crippen MR) is 82.2 cm³/mol. The van der Waals surface area contributed by atoms with E-state index in [9.17, 15) is 4.79 Å². The van der Waals surface area contributed by atoms with Crippen molar-refractivity contribution in [3.05, 3.63) is 72.2 Å². The highest BCUT2D eigenvalue weighted by Crippen LogP contribution is 2.12. The van der Waals surface area contributed by atoms with Crippen molar-refractivity contribution in [2.24, 2.45) is 0 Å². The molecule has 0 spiro atoms. The average Bonchev–Trinajstić information content (AvgIpc) is 2.52. The van der Waals surface area contributed by atoms with Crippen LogP contribution in [0, 0.1) is 0 Å². The number of pyridine rings is 1. The Balaban J connectivity index is 1.94. The molecule has 21 heavy (non-hydrogen) atoms. The zero-order chi connectivity index (χ0) is 15.1. The Bertz CT molecular complexity index is 604. The molecule has 0 saturated heterocycles. The van der Waals surface area contributed by atoms with E-state index in [0.717, 1.165) is 11.3 Å². The molecule has 1 heterocycles. The Morgan fingerprint density at radius 1 is 1.14 bits per heavy atom. The second-order valence-corrected chi connectivity index (χ2v) is 4.81. The molecule has 0 bridgehead atoms. The molecule has 0 aliphatic rings. The van der Waals surface area contributed by atoms with Gasteiger partial charge in [0.25, 0.3) is 0 Å². The molecule has 0 amide bonds. The van der Waals surface area contributed by atoms with Crippen LogP contribution in [0.1, 0.15) is 15.9 Å². The Kier molecular flexibility index (Phi) is 5.10. The first-order valence-electron chi connectivity index (χ1n) is 6.66. The molecule has 4 heteroatoms. The van der Waals surface area contributed by atoms with Gasteiger partial charge in [-0.15, -0.1) is 0 Å². The quantitative estimate of drug-likeness (QED) is 0.603. The first-order valence-corrected chi connectivity index (χ1v) is 6.66. The van der Waals surface area contributed by atoms with Crippen LogP contribution in [0.5, 0.6) is 5.75 Å². The summed E-state index contributed by atoms with van der Waals surface area (Å²) in [6, 6.07) is 11.0. The number of rotatable bonds is 6. The Labute approximate surface area is 124 Å². The summed E-state index contributed by atoms with van der Waals surface area (Å²) in [5.74, 6) is 0.768. The number of ether oxygens (including phenoxy) is 1. The molecule has 0 saturated carbocycles. The second-order valence-electron chi connectivity index (χ2n) is 4.81. The van der Waals surface area contributed by atoms with Crippen molar-refractivity contribution in [3.8, 4) is 5.75 Å². The molecule has 0 radical (unpaired) electrons. The fraction of sp³-hybridized carbons (Fsp3) is 0.176. The highest BCUT2D eigenvalue weighted by Gasteiger charge is 2.02. The number of allylic oxidation sites excluding steroid dienone is 1. The van der Waals surface area contributed by atoms with Gasteiger partial charge in [-0.05, 0) is 17.7 Å². The van der Waals surface area contributed by atoms with E-state index in [2.05, 4.69) is 4.98 Å². The number of carbonyl (C=O) groups excluding carboxylic acids is 1. The van der Waals surface area contributed by atoms with Gasteiger partial charge in [-0.3, -0.25) is 9.78 Å². The molecule has 0 N–H and O–H groups in total. The van der Waals surface area contributed by atoms with E-state index in [1.807, 2.05) is 55.4 Å². The van der Waals surface area contributed by atoms with Gasteiger partial charge in [0.2, 0.25) is 0 Å². The number of aromatic nitrogens is 1. The molecule has 0 atom stereocenters. The largest absolute Gasteiger partial charge is 0.489 e. The lowest BCUT2D eigenvalue weighted by atomic mass is 10.1. The molecular weight excluding hydrogens is 264 g/mol. The Morgan fingerprint density at radius 2 is 1.81 bits per heavy atom. The molecule has 108 valence electrons. The van der Waals surface area contributed by atoms with Crippen molar-refractivity contribution in [1.29, 1.82) is 0 Å². The van der Waals surface area contributed by atoms with Gasteiger partial charge in [0.15, 0.2) is 5.78 Å². The summed E-state index contributed by atoms with van der Waals surface area (Å²) in [5.41, 5.74) is 1.68. The fourth-order valence-electron chi connectivity index (χ4n) is 1.68. The number of benzene rings is 1. The van der Waals surface area contributed by atoms with Crippen molar-refractivity contribution >= 4 is 5.78 Å². The minimum absolute atomic E-state index is 0.00898. The first-order chi connectivity index (χ1) is 10.1. The summed E-state index contributed by atoms with van der Waals surface area (Å²) < 4.78 is 5.63. The molecule has 0 aliphatic heterocycles. The summed E-state index contributed by atoms with van der Waals surface area (Å²) in [6.45, 7) is 0.464. The van der Waals surface area contributed by atoms with Crippen molar-refractivity contribution in [2.75, 3.05) is 14.1 Å². The smallest absolute Gasteiger partial charge is 0.187 e. The molecule has 0 aliphatic carbocycles. The van der Waals surface area contributed by atoms with E-state index in [0.29, 0.717) is 12.2 Å². The van der Waals surface area contributed by atoms with Gasteiger partial charge in [-0.2, -0.15) is 0 Å². The zero-order valence-electron chi connectivity index (χ0n) is 12.2. The summed E-state index contributed by atoms with van der Waals surface area (Å²) in [7, 11) is 3.76. The van der Waals surface area contributed by atoms with Crippen LogP contribution in [0.15, 0.2) is 61.1 Å². The van der Waals surface area contributed by atoms with Gasteiger partial charge in [0.1, 0.15) is 12.4 Å². The van der Waals surface area contributed by atoms with E-state index in [1.54, 1.807) is 24.7 Å². The van der Waals surface area contributed by atoms with Crippen molar-refractivity contribution in [2.45, 2.75) is 6.61 Å². The highest BCUT2D eigenvalue weighted by atomic mass is 16.5. The van der Waals surface area contributed by atoms with Crippen LogP contribution < -0.4 is 4.74 Å². The second kappa shape index (κ2) is 7.24. The van der Waals surface area contributed by atoms with Crippen molar-refractivity contribution < 1.29 is 9.53 Å². The third-order valence-corrected chi connectivity index (χ3v) is 2.82. The number of carbonyl (C=O) groups is 1. The topological polar surface area (TPSA) is 42.4 Å². The van der Waals surface area contributed by atoms with Crippen molar-refractivity contribution in [1.82, 2.24) is 9.88 Å². The van der Waals surface area contributed by atoms with Gasteiger partial charge < -0.3 is 9.64 Å². The Morgan fingerprint density at radius 3 is 2.43 bits per heavy atom. The van der Waals surface area contributed by atoms with Crippen LogP contribution in [0.4, 0.5) is 0 Å². The average molecular weight is 282 g/mol. The summed E-state index contributed by atoms with van der Waals surface area (Å²) in [5, 5.41) is 0. The lowest BCUT2D eigenvalue weighted by Gasteiger charge is -2.06. The minimum Gasteiger partial charge on any atom is -0.489 e. The molecule has 2 rings (SSSR count). The van der Waals surface area contributed by atoms with Gasteiger partial charge >= 0.3 is 0 Å². The van der Waals surface area contributed by atoms with Crippen LogP contribution in [0.25, 0.3) is 0 Å². The third-order valence-electron chi connectivity index (χ3n) is 2.82. The predicted octanol–water partition coefficient (Wildman–Crippen LogP) is 2.92. The normalized spacial score (nSPS) is 10.6. The van der Waals surface area contributed by atoms with E-state index in [4.69, 9.17) is 4.74 Å². The standard InChI is InChI=1S/C17H18N2O2/c1-19(2)12-9-17(20)15-5-3-14(4-6-15)13-21-16-7-10-18-11-8-16/h3-12H,13H2,1-2H3/b12-9+. The lowest BCUT2D eigenvalue weighted by Crippen LogP contribution is -2.03. The third kappa shape index (κ3) is 4.76. The molecule has 1 aromatic heterocycles. The van der Waals surface area contributed by atoms with Crippen LogP contribution >= 0.6 is 0 Å². The first kappa shape index (κ1) is 14.8. The molecule has 4 nitrogen and oxygen atoms in total. The lowest BCUT2D eigenvalue weighted by molar-refractivity contribution is 0.104. The number of nitrogens with zero attached hydrogens (tertiary/aromatic N) is 2. The van der Waals surface area contributed by atoms with Crippen molar-refractivity contribution in [3.63, 3.8) is 0 Å². The summed E-state index contributed by atoms with van der Waals surface area (Å²) >= 11 is 0. The van der Waals surface area contributed by atoms with E-state index < -0.39 is 0 Å².